The van der Waals surface area contributed by atoms with Crippen molar-refractivity contribution in [2.75, 3.05) is 6.54 Å². The molecule has 14 heavy (non-hydrogen) atoms. The van der Waals surface area contributed by atoms with E-state index in [1.807, 2.05) is 10.9 Å². The first kappa shape index (κ1) is 11.2. The molecule has 0 spiro atoms. The molecule has 3 nitrogen and oxygen atoms in total. The highest BCUT2D eigenvalue weighted by Crippen LogP contribution is 2.20. The SMILES string of the molecule is Cc1cnn(CCCC(C)(C)CN)c1. The van der Waals surface area contributed by atoms with E-state index in [1.165, 1.54) is 5.56 Å². The summed E-state index contributed by atoms with van der Waals surface area (Å²) in [5, 5.41) is 4.25. The average molecular weight is 195 g/mol. The second-order valence-corrected chi connectivity index (χ2v) is 4.75. The highest BCUT2D eigenvalue weighted by molar-refractivity contribution is 4.99. The van der Waals surface area contributed by atoms with Gasteiger partial charge in [-0.2, -0.15) is 5.10 Å². The van der Waals surface area contributed by atoms with Gasteiger partial charge in [-0.05, 0) is 37.3 Å². The van der Waals surface area contributed by atoms with Gasteiger partial charge in [0.2, 0.25) is 0 Å². The molecular formula is C11H21N3. The molecule has 0 atom stereocenters. The molecule has 0 unspecified atom stereocenters. The zero-order valence-corrected chi connectivity index (χ0v) is 9.45. The fraction of sp³-hybridized carbons (Fsp3) is 0.727. The van der Waals surface area contributed by atoms with Gasteiger partial charge in [0.15, 0.2) is 0 Å². The molecule has 0 saturated carbocycles. The van der Waals surface area contributed by atoms with Gasteiger partial charge >= 0.3 is 0 Å². The first-order valence-corrected chi connectivity index (χ1v) is 5.23. The average Bonchev–Trinajstić information content (AvgIpc) is 2.51. The predicted molar refractivity (Wildman–Crippen MR) is 59.0 cm³/mol. The van der Waals surface area contributed by atoms with Crippen LogP contribution >= 0.6 is 0 Å². The Morgan fingerprint density at radius 3 is 2.71 bits per heavy atom. The maximum atomic E-state index is 5.67. The van der Waals surface area contributed by atoms with Crippen molar-refractivity contribution in [1.29, 1.82) is 0 Å². The molecule has 3 heteroatoms. The van der Waals surface area contributed by atoms with Crippen LogP contribution in [-0.4, -0.2) is 16.3 Å². The normalized spacial score (nSPS) is 12.0. The van der Waals surface area contributed by atoms with E-state index in [0.717, 1.165) is 25.9 Å². The third-order valence-corrected chi connectivity index (χ3v) is 2.56. The Bertz CT molecular complexity index is 276. The maximum Gasteiger partial charge on any atom is 0.0518 e. The van der Waals surface area contributed by atoms with Crippen molar-refractivity contribution in [3.05, 3.63) is 18.0 Å². The molecule has 0 aromatic carbocycles. The molecule has 0 aliphatic carbocycles. The molecule has 0 aliphatic heterocycles. The number of aromatic nitrogens is 2. The van der Waals surface area contributed by atoms with Crippen LogP contribution in [-0.2, 0) is 6.54 Å². The van der Waals surface area contributed by atoms with Gasteiger partial charge in [0, 0.05) is 12.7 Å². The minimum absolute atomic E-state index is 0.266. The quantitative estimate of drug-likeness (QED) is 0.780. The molecule has 0 amide bonds. The summed E-state index contributed by atoms with van der Waals surface area (Å²) in [5.74, 6) is 0. The van der Waals surface area contributed by atoms with E-state index in [1.54, 1.807) is 0 Å². The van der Waals surface area contributed by atoms with E-state index >= 15 is 0 Å². The second kappa shape index (κ2) is 4.60. The van der Waals surface area contributed by atoms with Gasteiger partial charge in [0.1, 0.15) is 0 Å². The van der Waals surface area contributed by atoms with Crippen LogP contribution in [0.15, 0.2) is 12.4 Å². The third kappa shape index (κ3) is 3.50. The van der Waals surface area contributed by atoms with Gasteiger partial charge in [-0.1, -0.05) is 13.8 Å². The van der Waals surface area contributed by atoms with Gasteiger partial charge in [0.25, 0.3) is 0 Å². The van der Waals surface area contributed by atoms with Crippen molar-refractivity contribution >= 4 is 0 Å². The van der Waals surface area contributed by atoms with E-state index in [4.69, 9.17) is 5.73 Å². The number of rotatable bonds is 5. The van der Waals surface area contributed by atoms with Crippen LogP contribution in [0.5, 0.6) is 0 Å². The van der Waals surface area contributed by atoms with E-state index in [9.17, 15) is 0 Å². The Morgan fingerprint density at radius 2 is 2.21 bits per heavy atom. The Morgan fingerprint density at radius 1 is 1.50 bits per heavy atom. The van der Waals surface area contributed by atoms with Gasteiger partial charge < -0.3 is 5.73 Å². The minimum atomic E-state index is 0.266. The molecule has 80 valence electrons. The lowest BCUT2D eigenvalue weighted by molar-refractivity contribution is 0.324. The molecule has 1 rings (SSSR count). The van der Waals surface area contributed by atoms with Crippen molar-refractivity contribution in [1.82, 2.24) is 9.78 Å². The van der Waals surface area contributed by atoms with Gasteiger partial charge in [0.05, 0.1) is 6.20 Å². The number of aryl methyl sites for hydroxylation is 2. The molecular weight excluding hydrogens is 174 g/mol. The molecule has 0 aliphatic rings. The Kier molecular flexibility index (Phi) is 3.69. The topological polar surface area (TPSA) is 43.8 Å². The van der Waals surface area contributed by atoms with Crippen LogP contribution in [0.25, 0.3) is 0 Å². The third-order valence-electron chi connectivity index (χ3n) is 2.56. The van der Waals surface area contributed by atoms with Crippen LogP contribution in [0.4, 0.5) is 0 Å². The van der Waals surface area contributed by atoms with Crippen molar-refractivity contribution in [2.24, 2.45) is 11.1 Å². The van der Waals surface area contributed by atoms with Crippen molar-refractivity contribution < 1.29 is 0 Å². The molecule has 1 aromatic rings. The van der Waals surface area contributed by atoms with Crippen molar-refractivity contribution in [3.8, 4) is 0 Å². The van der Waals surface area contributed by atoms with E-state index in [-0.39, 0.29) is 5.41 Å². The summed E-state index contributed by atoms with van der Waals surface area (Å²) in [5.41, 5.74) is 7.16. The van der Waals surface area contributed by atoms with Crippen LogP contribution in [0, 0.1) is 12.3 Å². The first-order valence-electron chi connectivity index (χ1n) is 5.23. The van der Waals surface area contributed by atoms with Crippen LogP contribution in [0.1, 0.15) is 32.3 Å². The number of nitrogens with two attached hydrogens (primary N) is 1. The summed E-state index contributed by atoms with van der Waals surface area (Å²) in [4.78, 5) is 0. The van der Waals surface area contributed by atoms with Crippen LogP contribution < -0.4 is 5.73 Å². The van der Waals surface area contributed by atoms with E-state index in [2.05, 4.69) is 32.1 Å². The molecule has 0 fully saturated rings. The lowest BCUT2D eigenvalue weighted by Crippen LogP contribution is -2.23. The summed E-state index contributed by atoms with van der Waals surface area (Å²) < 4.78 is 2.00. The maximum absolute atomic E-state index is 5.67. The van der Waals surface area contributed by atoms with E-state index < -0.39 is 0 Å². The van der Waals surface area contributed by atoms with Crippen LogP contribution in [0.2, 0.25) is 0 Å². The zero-order chi connectivity index (χ0) is 10.6. The second-order valence-electron chi connectivity index (χ2n) is 4.75. The molecule has 0 radical (unpaired) electrons. The molecule has 1 aromatic heterocycles. The molecule has 0 saturated heterocycles. The monoisotopic (exact) mass is 195 g/mol. The largest absolute Gasteiger partial charge is 0.330 e. The summed E-state index contributed by atoms with van der Waals surface area (Å²) >= 11 is 0. The molecule has 1 heterocycles. The summed E-state index contributed by atoms with van der Waals surface area (Å²) in [6, 6.07) is 0. The zero-order valence-electron chi connectivity index (χ0n) is 9.45. The standard InChI is InChI=1S/C11H21N3/c1-10-7-13-14(8-10)6-4-5-11(2,3)9-12/h7-8H,4-6,9,12H2,1-3H3. The number of hydrogen-bond acceptors (Lipinski definition) is 2. The fourth-order valence-corrected chi connectivity index (χ4v) is 1.41. The Hall–Kier alpha value is -0.830. The van der Waals surface area contributed by atoms with Gasteiger partial charge in [-0.15, -0.1) is 0 Å². The van der Waals surface area contributed by atoms with Crippen molar-refractivity contribution in [2.45, 2.75) is 40.2 Å². The number of hydrogen-bond donors (Lipinski definition) is 1. The van der Waals surface area contributed by atoms with Crippen molar-refractivity contribution in [3.63, 3.8) is 0 Å². The predicted octanol–water partition coefficient (Wildman–Crippen LogP) is 1.96. The lowest BCUT2D eigenvalue weighted by Gasteiger charge is -2.21. The minimum Gasteiger partial charge on any atom is -0.330 e. The highest BCUT2D eigenvalue weighted by Gasteiger charge is 2.14. The van der Waals surface area contributed by atoms with Crippen LogP contribution in [0.3, 0.4) is 0 Å². The smallest absolute Gasteiger partial charge is 0.0518 e. The first-order chi connectivity index (χ1) is 6.53. The molecule has 2 N–H and O–H groups in total. The Labute approximate surface area is 86.3 Å². The molecule has 0 bridgehead atoms. The highest BCUT2D eigenvalue weighted by atomic mass is 15.3. The van der Waals surface area contributed by atoms with Gasteiger partial charge in [-0.25, -0.2) is 0 Å². The number of nitrogens with zero attached hydrogens (tertiary/aromatic N) is 2. The summed E-state index contributed by atoms with van der Waals surface area (Å²) in [6.07, 6.45) is 6.28. The Balaban J connectivity index is 2.28. The lowest BCUT2D eigenvalue weighted by atomic mass is 9.88. The summed E-state index contributed by atoms with van der Waals surface area (Å²) in [6.45, 7) is 8.23. The fourth-order valence-electron chi connectivity index (χ4n) is 1.41. The van der Waals surface area contributed by atoms with Gasteiger partial charge in [-0.3, -0.25) is 4.68 Å². The summed E-state index contributed by atoms with van der Waals surface area (Å²) in [7, 11) is 0. The van der Waals surface area contributed by atoms with E-state index in [0.29, 0.717) is 0 Å².